The van der Waals surface area contributed by atoms with Gasteiger partial charge in [0, 0.05) is 12.3 Å². The number of nitrogens with zero attached hydrogens (tertiary/aromatic N) is 2. The smallest absolute Gasteiger partial charge is 0.352 e. The van der Waals surface area contributed by atoms with Gasteiger partial charge in [0.2, 0.25) is 5.88 Å². The standard InChI is InChI=1S/C10H14N2O4/c1-15-8-4-5-12(10(14)11-8)9-3-2-7(6-13)16-9/h4-5,7,9,13H,2-3,6H2,1H3/t7-,9-/m0/s1. The highest BCUT2D eigenvalue weighted by atomic mass is 16.5. The van der Waals surface area contributed by atoms with Crippen molar-refractivity contribution in [2.75, 3.05) is 13.7 Å². The number of aliphatic hydroxyl groups is 1. The first-order valence-corrected chi connectivity index (χ1v) is 5.14. The van der Waals surface area contributed by atoms with Crippen molar-refractivity contribution in [3.63, 3.8) is 0 Å². The zero-order valence-electron chi connectivity index (χ0n) is 9.00. The quantitative estimate of drug-likeness (QED) is 0.780. The molecule has 2 heterocycles. The van der Waals surface area contributed by atoms with Gasteiger partial charge in [-0.2, -0.15) is 4.98 Å². The molecule has 1 saturated heterocycles. The van der Waals surface area contributed by atoms with E-state index < -0.39 is 5.69 Å². The molecule has 2 rings (SSSR count). The molecule has 1 aliphatic heterocycles. The molecule has 0 spiro atoms. The topological polar surface area (TPSA) is 73.6 Å². The van der Waals surface area contributed by atoms with E-state index in [0.717, 1.165) is 6.42 Å². The van der Waals surface area contributed by atoms with Crippen LogP contribution in [0.2, 0.25) is 0 Å². The molecule has 6 heteroatoms. The fourth-order valence-electron chi connectivity index (χ4n) is 1.76. The van der Waals surface area contributed by atoms with Gasteiger partial charge in [0.25, 0.3) is 0 Å². The highest BCUT2D eigenvalue weighted by Gasteiger charge is 2.26. The zero-order valence-corrected chi connectivity index (χ0v) is 9.00. The summed E-state index contributed by atoms with van der Waals surface area (Å²) in [5.41, 5.74) is -0.400. The van der Waals surface area contributed by atoms with Gasteiger partial charge >= 0.3 is 5.69 Å². The molecule has 1 aromatic rings. The molecule has 0 radical (unpaired) electrons. The van der Waals surface area contributed by atoms with Gasteiger partial charge in [-0.05, 0) is 12.8 Å². The molecule has 0 aromatic carbocycles. The Kier molecular flexibility index (Phi) is 3.21. The Hall–Kier alpha value is -1.40. The van der Waals surface area contributed by atoms with Crippen LogP contribution in [-0.2, 0) is 4.74 Å². The van der Waals surface area contributed by atoms with E-state index >= 15 is 0 Å². The first-order valence-electron chi connectivity index (χ1n) is 5.14. The number of aliphatic hydroxyl groups excluding tert-OH is 1. The van der Waals surface area contributed by atoms with Crippen LogP contribution in [0.3, 0.4) is 0 Å². The maximum atomic E-state index is 11.6. The van der Waals surface area contributed by atoms with Gasteiger partial charge < -0.3 is 14.6 Å². The highest BCUT2D eigenvalue weighted by Crippen LogP contribution is 2.26. The molecular weight excluding hydrogens is 212 g/mol. The predicted molar refractivity (Wildman–Crippen MR) is 55.3 cm³/mol. The second kappa shape index (κ2) is 4.63. The summed E-state index contributed by atoms with van der Waals surface area (Å²) in [4.78, 5) is 15.3. The number of aromatic nitrogens is 2. The van der Waals surface area contributed by atoms with Crippen molar-refractivity contribution < 1.29 is 14.6 Å². The van der Waals surface area contributed by atoms with Crippen molar-refractivity contribution in [1.29, 1.82) is 0 Å². The maximum absolute atomic E-state index is 11.6. The molecule has 0 bridgehead atoms. The lowest BCUT2D eigenvalue weighted by Crippen LogP contribution is -2.27. The normalized spacial score (nSPS) is 24.6. The SMILES string of the molecule is COc1ccn([C@@H]2CC[C@@H](CO)O2)c(=O)n1. The van der Waals surface area contributed by atoms with Gasteiger partial charge in [-0.15, -0.1) is 0 Å². The summed E-state index contributed by atoms with van der Waals surface area (Å²) in [6.45, 7) is -0.0190. The number of hydrogen-bond acceptors (Lipinski definition) is 5. The van der Waals surface area contributed by atoms with Gasteiger partial charge in [0.1, 0.15) is 6.23 Å². The second-order valence-electron chi connectivity index (χ2n) is 3.63. The van der Waals surface area contributed by atoms with Gasteiger partial charge in [0.15, 0.2) is 0 Å². The fraction of sp³-hybridized carbons (Fsp3) is 0.600. The third kappa shape index (κ3) is 2.07. The van der Waals surface area contributed by atoms with Crippen molar-refractivity contribution in [2.24, 2.45) is 0 Å². The lowest BCUT2D eigenvalue weighted by Gasteiger charge is -2.14. The van der Waals surface area contributed by atoms with Gasteiger partial charge in [0.05, 0.1) is 19.8 Å². The van der Waals surface area contributed by atoms with E-state index in [2.05, 4.69) is 4.98 Å². The summed E-state index contributed by atoms with van der Waals surface area (Å²) in [6, 6.07) is 1.61. The van der Waals surface area contributed by atoms with Crippen molar-refractivity contribution in [2.45, 2.75) is 25.2 Å². The Labute approximate surface area is 92.4 Å². The molecular formula is C10H14N2O4. The van der Waals surface area contributed by atoms with Crippen LogP contribution in [0.25, 0.3) is 0 Å². The van der Waals surface area contributed by atoms with E-state index in [1.165, 1.54) is 11.7 Å². The summed E-state index contributed by atoms with van der Waals surface area (Å²) in [5.74, 6) is 0.290. The molecule has 1 fully saturated rings. The minimum atomic E-state index is -0.400. The first-order chi connectivity index (χ1) is 7.74. The van der Waals surface area contributed by atoms with Crippen LogP contribution in [0.1, 0.15) is 19.1 Å². The summed E-state index contributed by atoms with van der Waals surface area (Å²) in [7, 11) is 1.46. The van der Waals surface area contributed by atoms with E-state index in [0.29, 0.717) is 6.42 Å². The molecule has 16 heavy (non-hydrogen) atoms. The number of hydrogen-bond donors (Lipinski definition) is 1. The Bertz CT molecular complexity index is 418. The van der Waals surface area contributed by atoms with E-state index in [9.17, 15) is 4.79 Å². The Balaban J connectivity index is 2.19. The number of rotatable bonds is 3. The zero-order chi connectivity index (χ0) is 11.5. The maximum Gasteiger partial charge on any atom is 0.352 e. The lowest BCUT2D eigenvalue weighted by atomic mass is 10.2. The van der Waals surface area contributed by atoms with Gasteiger partial charge in [-0.1, -0.05) is 0 Å². The average Bonchev–Trinajstić information content (AvgIpc) is 2.77. The molecule has 2 atom stereocenters. The van der Waals surface area contributed by atoms with Crippen molar-refractivity contribution in [1.82, 2.24) is 9.55 Å². The third-order valence-corrected chi connectivity index (χ3v) is 2.61. The van der Waals surface area contributed by atoms with Crippen molar-refractivity contribution >= 4 is 0 Å². The molecule has 88 valence electrons. The van der Waals surface area contributed by atoms with Gasteiger partial charge in [-0.3, -0.25) is 4.57 Å². The fourth-order valence-corrected chi connectivity index (χ4v) is 1.76. The summed E-state index contributed by atoms with van der Waals surface area (Å²) in [5, 5.41) is 8.93. The molecule has 1 aliphatic rings. The monoisotopic (exact) mass is 226 g/mol. The van der Waals surface area contributed by atoms with Crippen LogP contribution >= 0.6 is 0 Å². The van der Waals surface area contributed by atoms with Crippen LogP contribution in [0.15, 0.2) is 17.1 Å². The van der Waals surface area contributed by atoms with Crippen LogP contribution < -0.4 is 10.4 Å². The molecule has 1 aromatic heterocycles. The van der Waals surface area contributed by atoms with Crippen LogP contribution in [0.5, 0.6) is 5.88 Å². The number of ether oxygens (including phenoxy) is 2. The van der Waals surface area contributed by atoms with E-state index in [-0.39, 0.29) is 24.8 Å². The average molecular weight is 226 g/mol. The Morgan fingerprint density at radius 3 is 3.06 bits per heavy atom. The second-order valence-corrected chi connectivity index (χ2v) is 3.63. The molecule has 0 aliphatic carbocycles. The minimum absolute atomic E-state index is 0.0190. The molecule has 0 saturated carbocycles. The Morgan fingerprint density at radius 2 is 2.50 bits per heavy atom. The predicted octanol–water partition coefficient (Wildman–Crippen LogP) is -0.0782. The van der Waals surface area contributed by atoms with Gasteiger partial charge in [-0.25, -0.2) is 4.79 Å². The first kappa shape index (κ1) is 11.1. The van der Waals surface area contributed by atoms with Crippen molar-refractivity contribution in [3.05, 3.63) is 22.7 Å². The summed E-state index contributed by atoms with van der Waals surface area (Å²) >= 11 is 0. The van der Waals surface area contributed by atoms with Crippen LogP contribution in [0, 0.1) is 0 Å². The largest absolute Gasteiger partial charge is 0.481 e. The molecule has 0 amide bonds. The summed E-state index contributed by atoms with van der Waals surface area (Å²) in [6.07, 6.45) is 2.54. The van der Waals surface area contributed by atoms with E-state index in [1.54, 1.807) is 12.3 Å². The van der Waals surface area contributed by atoms with Crippen molar-refractivity contribution in [3.8, 4) is 5.88 Å². The van der Waals surface area contributed by atoms with Crippen LogP contribution in [0.4, 0.5) is 0 Å². The molecule has 6 nitrogen and oxygen atoms in total. The third-order valence-electron chi connectivity index (χ3n) is 2.61. The van der Waals surface area contributed by atoms with E-state index in [1.807, 2.05) is 0 Å². The Morgan fingerprint density at radius 1 is 1.69 bits per heavy atom. The summed E-state index contributed by atoms with van der Waals surface area (Å²) < 4.78 is 11.7. The van der Waals surface area contributed by atoms with Crippen LogP contribution in [-0.4, -0.2) is 34.5 Å². The number of methoxy groups -OCH3 is 1. The molecule has 0 unspecified atom stereocenters. The lowest BCUT2D eigenvalue weighted by molar-refractivity contribution is -0.0246. The van der Waals surface area contributed by atoms with E-state index in [4.69, 9.17) is 14.6 Å². The highest BCUT2D eigenvalue weighted by molar-refractivity contribution is 5.05. The minimum Gasteiger partial charge on any atom is -0.481 e. The molecule has 1 N–H and O–H groups in total.